The van der Waals surface area contributed by atoms with Gasteiger partial charge in [0.15, 0.2) is 0 Å². The zero-order chi connectivity index (χ0) is 10.7. The second kappa shape index (κ2) is 4.40. The summed E-state index contributed by atoms with van der Waals surface area (Å²) in [4.78, 5) is 1.08. The van der Waals surface area contributed by atoms with Gasteiger partial charge in [-0.1, -0.05) is 6.07 Å². The average Bonchev–Trinajstić information content (AvgIpc) is 2.72. The molecule has 0 saturated carbocycles. The van der Waals surface area contributed by atoms with Gasteiger partial charge in [0, 0.05) is 11.4 Å². The number of thiophene rings is 1. The molecule has 0 unspecified atom stereocenters. The third kappa shape index (κ3) is 2.53. The topological polar surface area (TPSA) is 12.0 Å². The number of benzene rings is 1. The monoisotopic (exact) mass is 225 g/mol. The summed E-state index contributed by atoms with van der Waals surface area (Å²) in [7, 11) is 0. The van der Waals surface area contributed by atoms with Gasteiger partial charge in [0.2, 0.25) is 0 Å². The molecule has 1 N–H and O–H groups in total. The summed E-state index contributed by atoms with van der Waals surface area (Å²) in [6.07, 6.45) is 0. The lowest BCUT2D eigenvalue weighted by Crippen LogP contribution is -2.00. The lowest BCUT2D eigenvalue weighted by molar-refractivity contribution is 0.602. The van der Waals surface area contributed by atoms with E-state index in [9.17, 15) is 8.78 Å². The number of nitrogens with one attached hydrogen (secondary N) is 1. The van der Waals surface area contributed by atoms with E-state index in [0.29, 0.717) is 6.54 Å². The Morgan fingerprint density at radius 2 is 2.07 bits per heavy atom. The lowest BCUT2D eigenvalue weighted by atomic mass is 10.3. The molecule has 1 aromatic carbocycles. The summed E-state index contributed by atoms with van der Waals surface area (Å²) >= 11 is 1.57. The maximum absolute atomic E-state index is 13.2. The largest absolute Gasteiger partial charge is 0.378 e. The first-order valence-electron chi connectivity index (χ1n) is 4.47. The first kappa shape index (κ1) is 10.1. The van der Waals surface area contributed by atoms with Gasteiger partial charge in [0.25, 0.3) is 0 Å². The molecule has 0 amide bonds. The van der Waals surface area contributed by atoms with Crippen molar-refractivity contribution in [1.82, 2.24) is 0 Å². The molecule has 0 saturated heterocycles. The molecule has 0 radical (unpaired) electrons. The molecule has 0 aliphatic carbocycles. The molecule has 0 aliphatic heterocycles. The maximum Gasteiger partial charge on any atom is 0.146 e. The molecule has 1 nitrogen and oxygen atoms in total. The van der Waals surface area contributed by atoms with Crippen LogP contribution in [0.3, 0.4) is 0 Å². The second-order valence-corrected chi connectivity index (χ2v) is 4.09. The Labute approximate surface area is 90.4 Å². The molecule has 0 aliphatic rings. The van der Waals surface area contributed by atoms with Gasteiger partial charge in [0.1, 0.15) is 11.6 Å². The Hall–Kier alpha value is -1.42. The van der Waals surface area contributed by atoms with Crippen molar-refractivity contribution in [2.45, 2.75) is 6.54 Å². The van der Waals surface area contributed by atoms with Gasteiger partial charge in [-0.2, -0.15) is 0 Å². The number of hydrogen-bond acceptors (Lipinski definition) is 2. The lowest BCUT2D eigenvalue weighted by Gasteiger charge is -2.05. The Morgan fingerprint density at radius 1 is 1.20 bits per heavy atom. The van der Waals surface area contributed by atoms with Crippen LogP contribution < -0.4 is 5.32 Å². The van der Waals surface area contributed by atoms with E-state index in [1.54, 1.807) is 11.3 Å². The molecule has 15 heavy (non-hydrogen) atoms. The third-order valence-corrected chi connectivity index (χ3v) is 2.84. The molecule has 0 bridgehead atoms. The smallest absolute Gasteiger partial charge is 0.146 e. The van der Waals surface area contributed by atoms with Crippen molar-refractivity contribution in [1.29, 1.82) is 0 Å². The normalized spacial score (nSPS) is 10.3. The molecule has 4 heteroatoms. The van der Waals surface area contributed by atoms with Crippen molar-refractivity contribution in [2.75, 3.05) is 5.32 Å². The molecular formula is C11H9F2NS. The van der Waals surface area contributed by atoms with E-state index in [0.717, 1.165) is 23.1 Å². The standard InChI is InChI=1S/C11H9F2NS/c12-8-3-4-10(13)11(6-8)14-7-9-2-1-5-15-9/h1-6,14H,7H2. The third-order valence-electron chi connectivity index (χ3n) is 1.96. The number of hydrogen-bond donors (Lipinski definition) is 1. The van der Waals surface area contributed by atoms with Crippen LogP contribution in [0.1, 0.15) is 4.88 Å². The van der Waals surface area contributed by atoms with Crippen LogP contribution in [0.25, 0.3) is 0 Å². The van der Waals surface area contributed by atoms with Gasteiger partial charge < -0.3 is 5.32 Å². The van der Waals surface area contributed by atoms with E-state index in [1.165, 1.54) is 0 Å². The quantitative estimate of drug-likeness (QED) is 0.841. The predicted molar refractivity (Wildman–Crippen MR) is 58.0 cm³/mol. The van der Waals surface area contributed by atoms with Crippen molar-refractivity contribution in [3.63, 3.8) is 0 Å². The Kier molecular flexibility index (Phi) is 2.97. The molecule has 0 atom stereocenters. The molecule has 2 aromatic rings. The minimum absolute atomic E-state index is 0.198. The maximum atomic E-state index is 13.2. The van der Waals surface area contributed by atoms with E-state index in [-0.39, 0.29) is 5.69 Å². The zero-order valence-corrected chi connectivity index (χ0v) is 8.65. The molecule has 1 aromatic heterocycles. The van der Waals surface area contributed by atoms with Gasteiger partial charge in [-0.3, -0.25) is 0 Å². The Morgan fingerprint density at radius 3 is 2.80 bits per heavy atom. The summed E-state index contributed by atoms with van der Waals surface area (Å²) < 4.78 is 26.0. The van der Waals surface area contributed by atoms with E-state index in [4.69, 9.17) is 0 Å². The van der Waals surface area contributed by atoms with Crippen molar-refractivity contribution in [3.05, 3.63) is 52.2 Å². The number of anilines is 1. The van der Waals surface area contributed by atoms with Gasteiger partial charge >= 0.3 is 0 Å². The molecular weight excluding hydrogens is 216 g/mol. The Balaban J connectivity index is 2.07. The van der Waals surface area contributed by atoms with E-state index in [1.807, 2.05) is 17.5 Å². The van der Waals surface area contributed by atoms with Crippen LogP contribution in [0, 0.1) is 11.6 Å². The highest BCUT2D eigenvalue weighted by atomic mass is 32.1. The highest BCUT2D eigenvalue weighted by Gasteiger charge is 2.03. The minimum atomic E-state index is -0.440. The molecule has 2 rings (SSSR count). The predicted octanol–water partition coefficient (Wildman–Crippen LogP) is 3.64. The molecule has 0 fully saturated rings. The summed E-state index contributed by atoms with van der Waals surface area (Å²) in [5, 5.41) is 4.79. The first-order valence-corrected chi connectivity index (χ1v) is 5.35. The summed E-state index contributed by atoms with van der Waals surface area (Å²) in [6, 6.07) is 7.24. The SMILES string of the molecule is Fc1ccc(F)c(NCc2cccs2)c1. The van der Waals surface area contributed by atoms with Crippen molar-refractivity contribution in [3.8, 4) is 0 Å². The van der Waals surface area contributed by atoms with Crippen LogP contribution in [0.4, 0.5) is 14.5 Å². The van der Waals surface area contributed by atoms with E-state index in [2.05, 4.69) is 5.32 Å². The van der Waals surface area contributed by atoms with Crippen molar-refractivity contribution in [2.24, 2.45) is 0 Å². The van der Waals surface area contributed by atoms with Gasteiger partial charge in [-0.15, -0.1) is 11.3 Å². The fourth-order valence-electron chi connectivity index (χ4n) is 1.23. The van der Waals surface area contributed by atoms with Crippen LogP contribution >= 0.6 is 11.3 Å². The molecule has 78 valence electrons. The van der Waals surface area contributed by atoms with Crippen molar-refractivity contribution >= 4 is 17.0 Å². The van der Waals surface area contributed by atoms with Gasteiger partial charge in [0.05, 0.1) is 5.69 Å². The van der Waals surface area contributed by atoms with Crippen LogP contribution in [-0.4, -0.2) is 0 Å². The van der Waals surface area contributed by atoms with Gasteiger partial charge in [-0.05, 0) is 29.6 Å². The van der Waals surface area contributed by atoms with Crippen LogP contribution in [0.15, 0.2) is 35.7 Å². The minimum Gasteiger partial charge on any atom is -0.378 e. The van der Waals surface area contributed by atoms with Crippen LogP contribution in [0.5, 0.6) is 0 Å². The van der Waals surface area contributed by atoms with Gasteiger partial charge in [-0.25, -0.2) is 8.78 Å². The summed E-state index contributed by atoms with van der Waals surface area (Å²) in [5.74, 6) is -0.877. The fourth-order valence-corrected chi connectivity index (χ4v) is 1.87. The number of halogens is 2. The van der Waals surface area contributed by atoms with E-state index >= 15 is 0 Å². The van der Waals surface area contributed by atoms with Crippen molar-refractivity contribution < 1.29 is 8.78 Å². The summed E-state index contributed by atoms with van der Waals surface area (Å²) in [6.45, 7) is 0.512. The number of rotatable bonds is 3. The molecule has 0 spiro atoms. The fraction of sp³-hybridized carbons (Fsp3) is 0.0909. The second-order valence-electron chi connectivity index (χ2n) is 3.06. The first-order chi connectivity index (χ1) is 7.25. The van der Waals surface area contributed by atoms with Crippen LogP contribution in [-0.2, 0) is 6.54 Å². The highest BCUT2D eigenvalue weighted by molar-refractivity contribution is 7.09. The Bertz CT molecular complexity index is 440. The summed E-state index contributed by atoms with van der Waals surface area (Å²) in [5.41, 5.74) is 0.198. The zero-order valence-electron chi connectivity index (χ0n) is 7.84. The average molecular weight is 225 g/mol. The van der Waals surface area contributed by atoms with Crippen LogP contribution in [0.2, 0.25) is 0 Å². The highest BCUT2D eigenvalue weighted by Crippen LogP contribution is 2.17. The molecule has 1 heterocycles. The van der Waals surface area contributed by atoms with E-state index < -0.39 is 11.6 Å².